The minimum atomic E-state index is 0.0840. The zero-order chi connectivity index (χ0) is 16.0. The Kier molecular flexibility index (Phi) is 3.42. The first-order valence-corrected chi connectivity index (χ1v) is 8.16. The van der Waals surface area contributed by atoms with Crippen LogP contribution in [-0.4, -0.2) is 47.9 Å². The molecule has 0 aliphatic carbocycles. The number of fused-ring (bicyclic) bond motifs is 2. The summed E-state index contributed by atoms with van der Waals surface area (Å²) >= 11 is 0. The third-order valence-electron chi connectivity index (χ3n) is 5.16. The number of rotatable bonds is 3. The molecule has 118 valence electrons. The van der Waals surface area contributed by atoms with Crippen molar-refractivity contribution in [1.29, 1.82) is 0 Å². The SMILES string of the molecule is CC(=O)c1cccc(-c2ccc(N3CC4CC3CN4C)cn2)c1. The molecule has 0 N–H and O–H groups in total. The molecule has 0 radical (unpaired) electrons. The summed E-state index contributed by atoms with van der Waals surface area (Å²) in [6, 6.07) is 13.2. The standard InChI is InChI=1S/C19H21N3O/c1-13(23)14-4-3-5-15(8-14)19-7-6-16(10-20-19)22-12-17-9-18(22)11-21(17)2/h3-8,10,17-18H,9,11-12H2,1-2H3. The summed E-state index contributed by atoms with van der Waals surface area (Å²) in [6.45, 7) is 3.84. The molecular formula is C19H21N3O. The molecule has 0 amide bonds. The van der Waals surface area contributed by atoms with Gasteiger partial charge in [-0.2, -0.15) is 0 Å². The highest BCUT2D eigenvalue weighted by Crippen LogP contribution is 2.33. The van der Waals surface area contributed by atoms with Crippen molar-refractivity contribution in [3.63, 3.8) is 0 Å². The molecule has 1 aromatic carbocycles. The zero-order valence-corrected chi connectivity index (χ0v) is 13.6. The van der Waals surface area contributed by atoms with Gasteiger partial charge in [0.2, 0.25) is 0 Å². The number of nitrogens with zero attached hydrogens (tertiary/aromatic N) is 3. The van der Waals surface area contributed by atoms with Crippen LogP contribution in [0.2, 0.25) is 0 Å². The van der Waals surface area contributed by atoms with E-state index in [1.165, 1.54) is 12.1 Å². The summed E-state index contributed by atoms with van der Waals surface area (Å²) in [5, 5.41) is 0. The molecule has 1 aromatic heterocycles. The lowest BCUT2D eigenvalue weighted by Crippen LogP contribution is -2.44. The number of hydrogen-bond acceptors (Lipinski definition) is 4. The number of anilines is 1. The van der Waals surface area contributed by atoms with E-state index in [9.17, 15) is 4.79 Å². The number of pyridine rings is 1. The second kappa shape index (κ2) is 5.46. The van der Waals surface area contributed by atoms with Crippen molar-refractivity contribution in [3.05, 3.63) is 48.2 Å². The van der Waals surface area contributed by atoms with Crippen LogP contribution in [0.4, 0.5) is 5.69 Å². The van der Waals surface area contributed by atoms with Gasteiger partial charge in [-0.1, -0.05) is 18.2 Å². The van der Waals surface area contributed by atoms with Gasteiger partial charge in [-0.25, -0.2) is 0 Å². The summed E-state index contributed by atoms with van der Waals surface area (Å²) < 4.78 is 0. The van der Waals surface area contributed by atoms with Gasteiger partial charge in [0.25, 0.3) is 0 Å². The zero-order valence-electron chi connectivity index (χ0n) is 13.6. The third kappa shape index (κ3) is 2.53. The van der Waals surface area contributed by atoms with Crippen molar-refractivity contribution in [2.24, 2.45) is 0 Å². The molecule has 2 bridgehead atoms. The monoisotopic (exact) mass is 307 g/mol. The van der Waals surface area contributed by atoms with Crippen LogP contribution in [0.25, 0.3) is 11.3 Å². The molecule has 2 atom stereocenters. The van der Waals surface area contributed by atoms with E-state index in [0.717, 1.165) is 29.9 Å². The quantitative estimate of drug-likeness (QED) is 0.817. The molecule has 2 saturated heterocycles. The van der Waals surface area contributed by atoms with Gasteiger partial charge >= 0.3 is 0 Å². The van der Waals surface area contributed by atoms with Crippen molar-refractivity contribution in [2.75, 3.05) is 25.0 Å². The molecule has 3 heterocycles. The van der Waals surface area contributed by atoms with Crippen molar-refractivity contribution >= 4 is 11.5 Å². The molecular weight excluding hydrogens is 286 g/mol. The number of hydrogen-bond donors (Lipinski definition) is 0. The highest BCUT2D eigenvalue weighted by molar-refractivity contribution is 5.95. The van der Waals surface area contributed by atoms with E-state index in [2.05, 4.69) is 34.0 Å². The minimum Gasteiger partial charge on any atom is -0.364 e. The van der Waals surface area contributed by atoms with Gasteiger partial charge in [0.15, 0.2) is 5.78 Å². The minimum absolute atomic E-state index is 0.0840. The molecule has 4 heteroatoms. The highest BCUT2D eigenvalue weighted by atomic mass is 16.1. The number of benzene rings is 1. The van der Waals surface area contributed by atoms with Crippen LogP contribution < -0.4 is 4.90 Å². The molecule has 2 aliphatic heterocycles. The maximum atomic E-state index is 11.5. The number of ketones is 1. The lowest BCUT2D eigenvalue weighted by Gasteiger charge is -2.33. The van der Waals surface area contributed by atoms with Gasteiger partial charge in [0, 0.05) is 36.3 Å². The normalized spacial score (nSPS) is 23.5. The highest BCUT2D eigenvalue weighted by Gasteiger charge is 2.41. The lowest BCUT2D eigenvalue weighted by atomic mass is 10.1. The number of likely N-dealkylation sites (tertiary alicyclic amines) is 1. The van der Waals surface area contributed by atoms with Crippen LogP contribution in [0.3, 0.4) is 0 Å². The van der Waals surface area contributed by atoms with Crippen LogP contribution in [-0.2, 0) is 0 Å². The summed E-state index contributed by atoms with van der Waals surface area (Å²) in [7, 11) is 2.21. The molecule has 2 fully saturated rings. The van der Waals surface area contributed by atoms with Crippen LogP contribution in [0.15, 0.2) is 42.6 Å². The largest absolute Gasteiger partial charge is 0.364 e. The molecule has 2 unspecified atom stereocenters. The van der Waals surface area contributed by atoms with Gasteiger partial charge < -0.3 is 4.90 Å². The van der Waals surface area contributed by atoms with Crippen molar-refractivity contribution in [1.82, 2.24) is 9.88 Å². The maximum absolute atomic E-state index is 11.5. The first kappa shape index (κ1) is 14.4. The van der Waals surface area contributed by atoms with E-state index in [1.54, 1.807) is 6.92 Å². The summed E-state index contributed by atoms with van der Waals surface area (Å²) in [4.78, 5) is 21.1. The van der Waals surface area contributed by atoms with Crippen molar-refractivity contribution < 1.29 is 4.79 Å². The molecule has 23 heavy (non-hydrogen) atoms. The molecule has 2 aromatic rings. The van der Waals surface area contributed by atoms with E-state index in [1.807, 2.05) is 30.5 Å². The Balaban J connectivity index is 1.57. The number of carbonyl (C=O) groups excluding carboxylic acids is 1. The van der Waals surface area contributed by atoms with Crippen LogP contribution in [0, 0.1) is 0 Å². The predicted molar refractivity (Wildman–Crippen MR) is 91.8 cm³/mol. The summed E-state index contributed by atoms with van der Waals surface area (Å²) in [6.07, 6.45) is 3.23. The number of carbonyl (C=O) groups is 1. The average Bonchev–Trinajstić information content (AvgIpc) is 3.14. The van der Waals surface area contributed by atoms with Gasteiger partial charge in [-0.3, -0.25) is 14.7 Å². The Morgan fingerprint density at radius 3 is 2.65 bits per heavy atom. The number of aromatic nitrogens is 1. The molecule has 0 saturated carbocycles. The average molecular weight is 307 g/mol. The van der Waals surface area contributed by atoms with Crippen LogP contribution in [0.5, 0.6) is 0 Å². The lowest BCUT2D eigenvalue weighted by molar-refractivity contribution is 0.101. The van der Waals surface area contributed by atoms with E-state index >= 15 is 0 Å². The fourth-order valence-corrected chi connectivity index (χ4v) is 3.81. The molecule has 4 nitrogen and oxygen atoms in total. The van der Waals surface area contributed by atoms with Gasteiger partial charge in [-0.15, -0.1) is 0 Å². The summed E-state index contributed by atoms with van der Waals surface area (Å²) in [5.41, 5.74) is 3.84. The first-order valence-electron chi connectivity index (χ1n) is 8.16. The van der Waals surface area contributed by atoms with Crippen LogP contribution >= 0.6 is 0 Å². The molecule has 4 rings (SSSR count). The number of Topliss-reactive ketones (excluding diaryl/α,β-unsaturated/α-hetero) is 1. The Labute approximate surface area is 136 Å². The Bertz CT molecular complexity index is 739. The Morgan fingerprint density at radius 1 is 1.17 bits per heavy atom. The van der Waals surface area contributed by atoms with Gasteiger partial charge in [-0.05, 0) is 38.6 Å². The maximum Gasteiger partial charge on any atom is 0.159 e. The van der Waals surface area contributed by atoms with Gasteiger partial charge in [0.1, 0.15) is 0 Å². The topological polar surface area (TPSA) is 36.4 Å². The van der Waals surface area contributed by atoms with E-state index in [4.69, 9.17) is 0 Å². The predicted octanol–water partition coefficient (Wildman–Crippen LogP) is 2.84. The Hall–Kier alpha value is -2.20. The fraction of sp³-hybridized carbons (Fsp3) is 0.368. The van der Waals surface area contributed by atoms with E-state index < -0.39 is 0 Å². The fourth-order valence-electron chi connectivity index (χ4n) is 3.81. The first-order chi connectivity index (χ1) is 11.1. The molecule has 2 aliphatic rings. The number of piperazine rings is 1. The van der Waals surface area contributed by atoms with Crippen molar-refractivity contribution in [2.45, 2.75) is 25.4 Å². The molecule has 0 spiro atoms. The van der Waals surface area contributed by atoms with Crippen LogP contribution in [0.1, 0.15) is 23.7 Å². The number of likely N-dealkylation sites (N-methyl/N-ethyl adjacent to an activating group) is 1. The third-order valence-corrected chi connectivity index (χ3v) is 5.16. The van der Waals surface area contributed by atoms with Crippen molar-refractivity contribution in [3.8, 4) is 11.3 Å². The Morgan fingerprint density at radius 2 is 2.04 bits per heavy atom. The van der Waals surface area contributed by atoms with Gasteiger partial charge in [0.05, 0.1) is 17.6 Å². The second-order valence-electron chi connectivity index (χ2n) is 6.67. The second-order valence-corrected chi connectivity index (χ2v) is 6.67. The van der Waals surface area contributed by atoms with E-state index in [0.29, 0.717) is 12.1 Å². The smallest absolute Gasteiger partial charge is 0.159 e. The van der Waals surface area contributed by atoms with E-state index in [-0.39, 0.29) is 5.78 Å². The summed E-state index contributed by atoms with van der Waals surface area (Å²) in [5.74, 6) is 0.0840.